The second-order valence-electron chi connectivity index (χ2n) is 7.94. The zero-order valence-corrected chi connectivity index (χ0v) is 19.8. The Morgan fingerprint density at radius 3 is 2.11 bits per heavy atom. The van der Waals surface area contributed by atoms with Crippen molar-refractivity contribution in [3.63, 3.8) is 0 Å². The van der Waals surface area contributed by atoms with Gasteiger partial charge in [-0.15, -0.1) is 20.4 Å². The van der Waals surface area contributed by atoms with Gasteiger partial charge in [0.15, 0.2) is 11.0 Å². The van der Waals surface area contributed by atoms with Crippen molar-refractivity contribution in [3.8, 4) is 28.5 Å². The third-order valence-corrected chi connectivity index (χ3v) is 6.27. The molecule has 10 heteroatoms. The Hall–Kier alpha value is -4.31. The maximum absolute atomic E-state index is 10.9. The van der Waals surface area contributed by atoms with Crippen molar-refractivity contribution in [3.05, 3.63) is 99.9 Å². The quantitative estimate of drug-likeness (QED) is 0.162. The number of non-ortho nitro benzene ring substituents is 1. The zero-order valence-electron chi connectivity index (χ0n) is 19.0. The number of nitro benzene ring substituents is 1. The highest BCUT2D eigenvalue weighted by molar-refractivity contribution is 7.98. The molecule has 0 radical (unpaired) electrons. The largest absolute Gasteiger partial charge is 0.420 e. The maximum Gasteiger partial charge on any atom is 0.269 e. The lowest BCUT2D eigenvalue weighted by atomic mass is 10.1. The summed E-state index contributed by atoms with van der Waals surface area (Å²) in [4.78, 5) is 10.4. The summed E-state index contributed by atoms with van der Waals surface area (Å²) >= 11 is 1.44. The van der Waals surface area contributed by atoms with Gasteiger partial charge in [0.05, 0.1) is 10.7 Å². The van der Waals surface area contributed by atoms with Crippen molar-refractivity contribution in [2.45, 2.75) is 24.8 Å². The molecular formula is C25H20N6O3S. The van der Waals surface area contributed by atoms with E-state index in [-0.39, 0.29) is 5.69 Å². The summed E-state index contributed by atoms with van der Waals surface area (Å²) in [7, 11) is 0. The number of aryl methyl sites for hydroxylation is 2. The van der Waals surface area contributed by atoms with Gasteiger partial charge in [0.25, 0.3) is 5.69 Å². The van der Waals surface area contributed by atoms with Crippen LogP contribution in [-0.2, 0) is 5.75 Å². The van der Waals surface area contributed by atoms with Crippen LogP contribution in [-0.4, -0.2) is 29.9 Å². The van der Waals surface area contributed by atoms with Crippen molar-refractivity contribution < 1.29 is 9.34 Å². The molecule has 174 valence electrons. The van der Waals surface area contributed by atoms with Crippen molar-refractivity contribution in [1.82, 2.24) is 25.0 Å². The molecule has 0 N–H and O–H groups in total. The number of thioether (sulfide) groups is 1. The van der Waals surface area contributed by atoms with Crippen molar-refractivity contribution in [2.24, 2.45) is 0 Å². The van der Waals surface area contributed by atoms with Gasteiger partial charge in [-0.1, -0.05) is 59.3 Å². The topological polar surface area (TPSA) is 113 Å². The first kappa shape index (κ1) is 22.5. The minimum Gasteiger partial charge on any atom is -0.420 e. The van der Waals surface area contributed by atoms with Crippen LogP contribution < -0.4 is 0 Å². The second kappa shape index (κ2) is 9.51. The summed E-state index contributed by atoms with van der Waals surface area (Å²) in [6, 6.07) is 22.3. The normalized spacial score (nSPS) is 11.0. The third kappa shape index (κ3) is 4.82. The molecular weight excluding hydrogens is 464 g/mol. The Morgan fingerprint density at radius 1 is 0.829 bits per heavy atom. The molecule has 0 unspecified atom stereocenters. The van der Waals surface area contributed by atoms with E-state index in [2.05, 4.69) is 44.7 Å². The number of hydrogen-bond acceptors (Lipinski definition) is 8. The second-order valence-corrected chi connectivity index (χ2v) is 8.88. The lowest BCUT2D eigenvalue weighted by Crippen LogP contribution is -2.00. The highest BCUT2D eigenvalue weighted by Crippen LogP contribution is 2.30. The van der Waals surface area contributed by atoms with E-state index in [9.17, 15) is 10.1 Å². The first-order valence-electron chi connectivity index (χ1n) is 10.8. The number of rotatable bonds is 7. The summed E-state index contributed by atoms with van der Waals surface area (Å²) in [5.41, 5.74) is 4.87. The Bertz CT molecular complexity index is 1480. The van der Waals surface area contributed by atoms with Crippen molar-refractivity contribution in [2.75, 3.05) is 0 Å². The molecule has 0 aliphatic rings. The Labute approximate surface area is 205 Å². The number of nitrogens with zero attached hydrogens (tertiary/aromatic N) is 6. The molecule has 0 saturated heterocycles. The van der Waals surface area contributed by atoms with Crippen LogP contribution in [0.4, 0.5) is 5.69 Å². The van der Waals surface area contributed by atoms with Crippen LogP contribution in [0.1, 0.15) is 17.0 Å². The molecule has 9 nitrogen and oxygen atoms in total. The van der Waals surface area contributed by atoms with Gasteiger partial charge in [-0.05, 0) is 38.1 Å². The molecule has 0 fully saturated rings. The van der Waals surface area contributed by atoms with E-state index in [1.807, 2.05) is 42.7 Å². The van der Waals surface area contributed by atoms with E-state index in [1.54, 1.807) is 12.1 Å². The van der Waals surface area contributed by atoms with Gasteiger partial charge in [0, 0.05) is 28.9 Å². The first-order chi connectivity index (χ1) is 17.0. The van der Waals surface area contributed by atoms with Gasteiger partial charge in [-0.2, -0.15) is 0 Å². The number of benzene rings is 3. The van der Waals surface area contributed by atoms with Crippen LogP contribution in [0.2, 0.25) is 0 Å². The Morgan fingerprint density at radius 2 is 1.46 bits per heavy atom. The lowest BCUT2D eigenvalue weighted by molar-refractivity contribution is -0.384. The van der Waals surface area contributed by atoms with Gasteiger partial charge in [-0.25, -0.2) is 0 Å². The minimum atomic E-state index is -0.450. The third-order valence-electron chi connectivity index (χ3n) is 5.35. The molecule has 3 aromatic carbocycles. The van der Waals surface area contributed by atoms with Gasteiger partial charge < -0.3 is 4.42 Å². The van der Waals surface area contributed by atoms with Crippen LogP contribution in [0.5, 0.6) is 0 Å². The van der Waals surface area contributed by atoms with Crippen LogP contribution >= 0.6 is 11.8 Å². The SMILES string of the molecule is Cc1ccc(-c2nnc(SCc3nnc(-c4ccc([N+](=O)[O-])cc4)o3)n2-c2ccc(C)cc2)cc1. The summed E-state index contributed by atoms with van der Waals surface area (Å²) < 4.78 is 7.80. The first-order valence-corrected chi connectivity index (χ1v) is 11.8. The fourth-order valence-electron chi connectivity index (χ4n) is 3.46. The summed E-state index contributed by atoms with van der Waals surface area (Å²) in [5, 5.41) is 28.7. The van der Waals surface area contributed by atoms with Crippen LogP contribution in [0.25, 0.3) is 28.5 Å². The number of hydrogen-bond donors (Lipinski definition) is 0. The minimum absolute atomic E-state index is 0.00358. The highest BCUT2D eigenvalue weighted by atomic mass is 32.2. The number of aromatic nitrogens is 5. The standard InChI is InChI=1S/C25H20N6O3S/c1-16-3-7-18(8-4-16)23-27-29-25(30(23)20-11-5-17(2)6-12-20)35-15-22-26-28-24(34-22)19-9-13-21(14-10-19)31(32)33/h3-14H,15H2,1-2H3. The zero-order chi connectivity index (χ0) is 24.4. The predicted octanol–water partition coefficient (Wildman–Crippen LogP) is 5.80. The smallest absolute Gasteiger partial charge is 0.269 e. The van der Waals surface area contributed by atoms with Crippen LogP contribution in [0.3, 0.4) is 0 Å². The lowest BCUT2D eigenvalue weighted by Gasteiger charge is -2.10. The molecule has 2 aromatic heterocycles. The average Bonchev–Trinajstić information content (AvgIpc) is 3.51. The molecule has 0 saturated carbocycles. The van der Waals surface area contributed by atoms with E-state index >= 15 is 0 Å². The van der Waals surface area contributed by atoms with Gasteiger partial charge in [-0.3, -0.25) is 14.7 Å². The van der Waals surface area contributed by atoms with Gasteiger partial charge in [0.2, 0.25) is 11.8 Å². The Balaban J connectivity index is 1.41. The monoisotopic (exact) mass is 484 g/mol. The number of nitro groups is 1. The van der Waals surface area contributed by atoms with Gasteiger partial charge >= 0.3 is 0 Å². The van der Waals surface area contributed by atoms with Crippen LogP contribution in [0.15, 0.2) is 82.4 Å². The highest BCUT2D eigenvalue weighted by Gasteiger charge is 2.18. The average molecular weight is 485 g/mol. The van der Waals surface area contributed by atoms with Crippen molar-refractivity contribution in [1.29, 1.82) is 0 Å². The molecule has 2 heterocycles. The van der Waals surface area contributed by atoms with E-state index in [1.165, 1.54) is 29.5 Å². The predicted molar refractivity (Wildman–Crippen MR) is 132 cm³/mol. The fourth-order valence-corrected chi connectivity index (χ4v) is 4.25. The van der Waals surface area contributed by atoms with E-state index < -0.39 is 4.92 Å². The molecule has 35 heavy (non-hydrogen) atoms. The molecule has 0 bridgehead atoms. The summed E-state index contributed by atoms with van der Waals surface area (Å²) in [6.07, 6.45) is 0. The molecule has 5 aromatic rings. The maximum atomic E-state index is 10.9. The van der Waals surface area contributed by atoms with E-state index in [4.69, 9.17) is 4.42 Å². The summed E-state index contributed by atoms with van der Waals surface area (Å²) in [6.45, 7) is 4.09. The van der Waals surface area contributed by atoms with Crippen molar-refractivity contribution >= 4 is 17.4 Å². The molecule has 5 rings (SSSR count). The Kier molecular flexibility index (Phi) is 6.11. The van der Waals surface area contributed by atoms with E-state index in [0.717, 1.165) is 22.6 Å². The van der Waals surface area contributed by atoms with Crippen LogP contribution in [0, 0.1) is 24.0 Å². The van der Waals surface area contributed by atoms with Gasteiger partial charge in [0.1, 0.15) is 0 Å². The van der Waals surface area contributed by atoms with E-state index in [0.29, 0.717) is 28.3 Å². The summed E-state index contributed by atoms with van der Waals surface area (Å²) in [5.74, 6) is 1.85. The molecule has 0 spiro atoms. The molecule has 0 aliphatic carbocycles. The molecule has 0 aliphatic heterocycles. The fraction of sp³-hybridized carbons (Fsp3) is 0.120. The molecule has 0 atom stereocenters. The molecule has 0 amide bonds.